The van der Waals surface area contributed by atoms with Crippen LogP contribution in [0.5, 0.6) is 5.75 Å². The van der Waals surface area contributed by atoms with Gasteiger partial charge in [-0.05, 0) is 70.4 Å². The van der Waals surface area contributed by atoms with Crippen molar-refractivity contribution in [2.24, 2.45) is 4.99 Å². The highest BCUT2D eigenvalue weighted by Gasteiger charge is 2.25. The van der Waals surface area contributed by atoms with Crippen molar-refractivity contribution in [2.75, 3.05) is 0 Å². The van der Waals surface area contributed by atoms with Crippen molar-refractivity contribution < 1.29 is 19.1 Å². The van der Waals surface area contributed by atoms with Crippen LogP contribution in [0.15, 0.2) is 88.0 Å². The lowest BCUT2D eigenvalue weighted by molar-refractivity contribution is -0.129. The van der Waals surface area contributed by atoms with Crippen LogP contribution in [0.1, 0.15) is 27.0 Å². The molecule has 0 unspecified atom stereocenters. The summed E-state index contributed by atoms with van der Waals surface area (Å²) in [4.78, 5) is 28.8. The smallest absolute Gasteiger partial charge is 0.363 e. The molecule has 148 valence electrons. The number of rotatable bonds is 4. The van der Waals surface area contributed by atoms with E-state index in [2.05, 4.69) is 20.9 Å². The van der Waals surface area contributed by atoms with Crippen molar-refractivity contribution in [1.29, 1.82) is 0 Å². The van der Waals surface area contributed by atoms with E-state index in [0.29, 0.717) is 16.9 Å². The molecule has 3 aromatic carbocycles. The molecule has 0 aromatic heterocycles. The topological polar surface area (TPSA) is 65.0 Å². The van der Waals surface area contributed by atoms with Crippen LogP contribution in [-0.2, 0) is 9.53 Å². The summed E-state index contributed by atoms with van der Waals surface area (Å²) in [7, 11) is 0. The van der Waals surface area contributed by atoms with Gasteiger partial charge in [0, 0.05) is 4.47 Å². The van der Waals surface area contributed by atoms with Crippen molar-refractivity contribution >= 4 is 39.8 Å². The van der Waals surface area contributed by atoms with Gasteiger partial charge in [0.25, 0.3) is 0 Å². The van der Waals surface area contributed by atoms with E-state index in [0.717, 1.165) is 15.6 Å². The van der Waals surface area contributed by atoms with E-state index in [1.54, 1.807) is 42.5 Å². The molecule has 3 aromatic rings. The summed E-state index contributed by atoms with van der Waals surface area (Å²) in [5.41, 5.74) is 3.00. The number of esters is 2. The normalized spacial score (nSPS) is 14.4. The van der Waals surface area contributed by atoms with Gasteiger partial charge >= 0.3 is 11.9 Å². The van der Waals surface area contributed by atoms with E-state index in [-0.39, 0.29) is 11.6 Å². The number of carbonyl (C=O) groups is 2. The Hall–Kier alpha value is -3.51. The summed E-state index contributed by atoms with van der Waals surface area (Å²) in [6, 6.07) is 21.4. The van der Waals surface area contributed by atoms with Gasteiger partial charge in [-0.2, -0.15) is 0 Å². The van der Waals surface area contributed by atoms with E-state index in [1.807, 2.05) is 43.3 Å². The van der Waals surface area contributed by atoms with Crippen LogP contribution in [-0.4, -0.2) is 17.8 Å². The molecule has 6 heteroatoms. The zero-order valence-corrected chi connectivity index (χ0v) is 17.5. The second-order valence-electron chi connectivity index (χ2n) is 6.59. The molecule has 0 radical (unpaired) electrons. The van der Waals surface area contributed by atoms with Crippen LogP contribution in [0.2, 0.25) is 0 Å². The summed E-state index contributed by atoms with van der Waals surface area (Å²) in [5.74, 6) is -0.267. The first-order valence-electron chi connectivity index (χ1n) is 9.16. The Morgan fingerprint density at radius 1 is 1.00 bits per heavy atom. The molecule has 0 saturated carbocycles. The van der Waals surface area contributed by atoms with Crippen molar-refractivity contribution in [2.45, 2.75) is 6.92 Å². The standard InChI is InChI=1S/C24H16BrNO4/c1-15-6-2-3-7-18(15)23(27)29-17-12-10-16(11-13-17)14-21-24(28)30-22(26-21)19-8-4-5-9-20(19)25/h2-14H,1H3/b21-14-. The lowest BCUT2D eigenvalue weighted by Crippen LogP contribution is -2.09. The Morgan fingerprint density at radius 2 is 1.70 bits per heavy atom. The molecule has 0 saturated heterocycles. The van der Waals surface area contributed by atoms with E-state index in [1.165, 1.54) is 0 Å². The molecule has 1 aliphatic heterocycles. The monoisotopic (exact) mass is 461 g/mol. The molecule has 0 spiro atoms. The largest absolute Gasteiger partial charge is 0.423 e. The van der Waals surface area contributed by atoms with Crippen molar-refractivity contribution in [3.8, 4) is 5.75 Å². The molecule has 0 bridgehead atoms. The highest BCUT2D eigenvalue weighted by atomic mass is 79.9. The van der Waals surface area contributed by atoms with E-state index in [4.69, 9.17) is 9.47 Å². The number of halogens is 1. The van der Waals surface area contributed by atoms with Gasteiger partial charge in [-0.3, -0.25) is 0 Å². The quantitative estimate of drug-likeness (QED) is 0.299. The van der Waals surface area contributed by atoms with Gasteiger partial charge in [0.2, 0.25) is 5.90 Å². The zero-order chi connectivity index (χ0) is 21.1. The fourth-order valence-electron chi connectivity index (χ4n) is 2.91. The number of benzene rings is 3. The average molecular weight is 462 g/mol. The van der Waals surface area contributed by atoms with Gasteiger partial charge in [-0.25, -0.2) is 14.6 Å². The lowest BCUT2D eigenvalue weighted by Gasteiger charge is -2.06. The molecule has 1 aliphatic rings. The fourth-order valence-corrected chi connectivity index (χ4v) is 3.37. The van der Waals surface area contributed by atoms with Crippen LogP contribution in [0, 0.1) is 6.92 Å². The van der Waals surface area contributed by atoms with Crippen LogP contribution >= 0.6 is 15.9 Å². The highest BCUT2D eigenvalue weighted by molar-refractivity contribution is 9.10. The molecule has 1 heterocycles. The molecule has 5 nitrogen and oxygen atoms in total. The number of hydrogen-bond donors (Lipinski definition) is 0. The SMILES string of the molecule is Cc1ccccc1C(=O)Oc1ccc(/C=C2\N=C(c3ccccc3Br)OC2=O)cc1. The van der Waals surface area contributed by atoms with Gasteiger partial charge in [0.05, 0.1) is 11.1 Å². The molecular weight excluding hydrogens is 446 g/mol. The summed E-state index contributed by atoms with van der Waals surface area (Å²) in [5, 5.41) is 0. The van der Waals surface area contributed by atoms with Gasteiger partial charge in [-0.1, -0.05) is 42.5 Å². The van der Waals surface area contributed by atoms with Crippen molar-refractivity contribution in [1.82, 2.24) is 0 Å². The zero-order valence-electron chi connectivity index (χ0n) is 16.0. The molecule has 4 rings (SSSR count). The second-order valence-corrected chi connectivity index (χ2v) is 7.44. The Balaban J connectivity index is 1.51. The van der Waals surface area contributed by atoms with Crippen LogP contribution < -0.4 is 4.74 Å². The summed E-state index contributed by atoms with van der Waals surface area (Å²) in [6.07, 6.45) is 1.62. The van der Waals surface area contributed by atoms with Crippen molar-refractivity contribution in [3.63, 3.8) is 0 Å². The molecule has 0 fully saturated rings. The van der Waals surface area contributed by atoms with Gasteiger partial charge in [0.1, 0.15) is 5.75 Å². The van der Waals surface area contributed by atoms with E-state index in [9.17, 15) is 9.59 Å². The van der Waals surface area contributed by atoms with Gasteiger partial charge < -0.3 is 9.47 Å². The number of aryl methyl sites for hydroxylation is 1. The lowest BCUT2D eigenvalue weighted by atomic mass is 10.1. The number of cyclic esters (lactones) is 1. The Kier molecular flexibility index (Phi) is 5.59. The maximum absolute atomic E-state index is 12.3. The third kappa shape index (κ3) is 4.23. The third-order valence-electron chi connectivity index (χ3n) is 4.48. The van der Waals surface area contributed by atoms with Crippen LogP contribution in [0.25, 0.3) is 6.08 Å². The molecule has 30 heavy (non-hydrogen) atoms. The first kappa shape index (κ1) is 19.8. The minimum absolute atomic E-state index is 0.199. The fraction of sp³-hybridized carbons (Fsp3) is 0.0417. The van der Waals surface area contributed by atoms with Gasteiger partial charge in [-0.15, -0.1) is 0 Å². The Morgan fingerprint density at radius 3 is 2.43 bits per heavy atom. The first-order valence-corrected chi connectivity index (χ1v) is 9.96. The van der Waals surface area contributed by atoms with E-state index >= 15 is 0 Å². The van der Waals surface area contributed by atoms with Gasteiger partial charge in [0.15, 0.2) is 5.70 Å². The molecular formula is C24H16BrNO4. The highest BCUT2D eigenvalue weighted by Crippen LogP contribution is 2.24. The van der Waals surface area contributed by atoms with Crippen molar-refractivity contribution in [3.05, 3.63) is 105 Å². The minimum atomic E-state index is -0.518. The maximum atomic E-state index is 12.3. The predicted octanol–water partition coefficient (Wildman–Crippen LogP) is 5.32. The molecule has 0 atom stereocenters. The minimum Gasteiger partial charge on any atom is -0.423 e. The molecule has 0 aliphatic carbocycles. The number of aliphatic imine (C=N–C) groups is 1. The summed E-state index contributed by atoms with van der Waals surface area (Å²) >= 11 is 3.43. The number of hydrogen-bond acceptors (Lipinski definition) is 5. The third-order valence-corrected chi connectivity index (χ3v) is 5.18. The number of ether oxygens (including phenoxy) is 2. The Labute approximate surface area is 181 Å². The van der Waals surface area contributed by atoms with Crippen LogP contribution in [0.3, 0.4) is 0 Å². The van der Waals surface area contributed by atoms with Crippen LogP contribution in [0.4, 0.5) is 0 Å². The van der Waals surface area contributed by atoms with E-state index < -0.39 is 11.9 Å². The predicted molar refractivity (Wildman–Crippen MR) is 117 cm³/mol. The molecule has 0 N–H and O–H groups in total. The first-order chi connectivity index (χ1) is 14.5. The number of nitrogens with zero attached hydrogens (tertiary/aromatic N) is 1. The summed E-state index contributed by atoms with van der Waals surface area (Å²) < 4.78 is 11.5. The molecule has 0 amide bonds. The maximum Gasteiger partial charge on any atom is 0.363 e. The Bertz CT molecular complexity index is 1200. The average Bonchev–Trinajstić information content (AvgIpc) is 3.10. The number of carbonyl (C=O) groups excluding carboxylic acids is 2. The summed E-state index contributed by atoms with van der Waals surface area (Å²) in [6.45, 7) is 1.86. The second kappa shape index (κ2) is 8.47.